The van der Waals surface area contributed by atoms with Gasteiger partial charge in [0.25, 0.3) is 0 Å². The van der Waals surface area contributed by atoms with E-state index in [1.165, 1.54) is 5.56 Å². The lowest BCUT2D eigenvalue weighted by molar-refractivity contribution is -0.121. The molecule has 1 unspecified atom stereocenters. The lowest BCUT2D eigenvalue weighted by Gasteiger charge is -2.16. The summed E-state index contributed by atoms with van der Waals surface area (Å²) in [6, 6.07) is 10.2. The van der Waals surface area contributed by atoms with Crippen LogP contribution >= 0.6 is 11.6 Å². The smallest absolute Gasteiger partial charge is 0.242 e. The van der Waals surface area contributed by atoms with Crippen molar-refractivity contribution in [3.63, 3.8) is 0 Å². The molecule has 6 heteroatoms. The summed E-state index contributed by atoms with van der Waals surface area (Å²) in [6.07, 6.45) is 1.66. The Labute approximate surface area is 135 Å². The van der Waals surface area contributed by atoms with Crippen LogP contribution in [0.4, 0.5) is 0 Å². The highest BCUT2D eigenvalue weighted by atomic mass is 35.5. The van der Waals surface area contributed by atoms with Crippen molar-refractivity contribution in [2.24, 2.45) is 0 Å². The number of halogens is 1. The third kappa shape index (κ3) is 4.31. The number of benzene rings is 1. The summed E-state index contributed by atoms with van der Waals surface area (Å²) in [4.78, 5) is 16.2. The van der Waals surface area contributed by atoms with Crippen molar-refractivity contribution >= 4 is 17.5 Å². The van der Waals surface area contributed by atoms with E-state index in [0.29, 0.717) is 18.9 Å². The van der Waals surface area contributed by atoms with E-state index in [4.69, 9.17) is 11.6 Å². The average molecular weight is 321 g/mol. The maximum absolute atomic E-state index is 12.1. The molecule has 1 atom stereocenters. The second kappa shape index (κ2) is 7.94. The quantitative estimate of drug-likeness (QED) is 0.853. The van der Waals surface area contributed by atoms with Crippen molar-refractivity contribution < 1.29 is 4.79 Å². The minimum absolute atomic E-state index is 0.0781. The van der Waals surface area contributed by atoms with Gasteiger partial charge in [-0.1, -0.05) is 44.2 Å². The number of carbonyl (C=O) groups excluding carboxylic acids is 1. The Kier molecular flexibility index (Phi) is 5.95. The molecule has 1 N–H and O–H groups in total. The van der Waals surface area contributed by atoms with Gasteiger partial charge < -0.3 is 5.32 Å². The first kappa shape index (κ1) is 16.5. The topological polar surface area (TPSA) is 59.8 Å². The highest BCUT2D eigenvalue weighted by Crippen LogP contribution is 2.17. The van der Waals surface area contributed by atoms with Crippen LogP contribution in [0.25, 0.3) is 0 Å². The van der Waals surface area contributed by atoms with E-state index in [-0.39, 0.29) is 17.7 Å². The SMILES string of the molecule is CCc1nc(Cl)nn1CC(=O)NCC(CC)c1ccccc1. The number of hydrogen-bond acceptors (Lipinski definition) is 3. The van der Waals surface area contributed by atoms with Crippen molar-refractivity contribution in [3.8, 4) is 0 Å². The van der Waals surface area contributed by atoms with E-state index in [2.05, 4.69) is 34.5 Å². The van der Waals surface area contributed by atoms with Crippen LogP contribution in [-0.2, 0) is 17.8 Å². The molecule has 0 aliphatic heterocycles. The van der Waals surface area contributed by atoms with Crippen molar-refractivity contribution in [1.82, 2.24) is 20.1 Å². The summed E-state index contributed by atoms with van der Waals surface area (Å²) < 4.78 is 1.56. The van der Waals surface area contributed by atoms with Gasteiger partial charge in [0, 0.05) is 18.9 Å². The maximum atomic E-state index is 12.1. The van der Waals surface area contributed by atoms with Gasteiger partial charge >= 0.3 is 0 Å². The molecule has 1 aromatic heterocycles. The van der Waals surface area contributed by atoms with Gasteiger partial charge in [-0.15, -0.1) is 5.10 Å². The average Bonchev–Trinajstić information content (AvgIpc) is 2.88. The molecule has 118 valence electrons. The van der Waals surface area contributed by atoms with Gasteiger partial charge in [0.05, 0.1) is 0 Å². The van der Waals surface area contributed by atoms with Gasteiger partial charge in [-0.2, -0.15) is 0 Å². The molecule has 22 heavy (non-hydrogen) atoms. The summed E-state index contributed by atoms with van der Waals surface area (Å²) >= 11 is 5.78. The first-order chi connectivity index (χ1) is 10.6. The molecule has 0 saturated carbocycles. The van der Waals surface area contributed by atoms with Gasteiger partial charge in [-0.3, -0.25) is 4.79 Å². The van der Waals surface area contributed by atoms with Crippen molar-refractivity contribution in [2.45, 2.75) is 39.2 Å². The van der Waals surface area contributed by atoms with Crippen LogP contribution in [0.5, 0.6) is 0 Å². The second-order valence-corrected chi connectivity index (χ2v) is 5.47. The fourth-order valence-corrected chi connectivity index (χ4v) is 2.57. The Morgan fingerprint density at radius 2 is 2.05 bits per heavy atom. The zero-order valence-corrected chi connectivity index (χ0v) is 13.7. The van der Waals surface area contributed by atoms with Crippen molar-refractivity contribution in [3.05, 3.63) is 47.0 Å². The third-order valence-electron chi connectivity index (χ3n) is 3.64. The highest BCUT2D eigenvalue weighted by molar-refractivity contribution is 6.28. The molecule has 0 aliphatic carbocycles. The van der Waals surface area contributed by atoms with Crippen LogP contribution < -0.4 is 5.32 Å². The fourth-order valence-electron chi connectivity index (χ4n) is 2.38. The van der Waals surface area contributed by atoms with Gasteiger partial charge in [-0.25, -0.2) is 9.67 Å². The molecule has 0 saturated heterocycles. The number of aryl methyl sites for hydroxylation is 1. The number of nitrogens with one attached hydrogen (secondary N) is 1. The zero-order valence-electron chi connectivity index (χ0n) is 12.9. The summed E-state index contributed by atoms with van der Waals surface area (Å²) in [6.45, 7) is 4.84. The minimum atomic E-state index is -0.0781. The van der Waals surface area contributed by atoms with E-state index in [1.54, 1.807) is 4.68 Å². The third-order valence-corrected chi connectivity index (χ3v) is 3.80. The van der Waals surface area contributed by atoms with Gasteiger partial charge in [0.2, 0.25) is 11.2 Å². The predicted molar refractivity (Wildman–Crippen MR) is 86.9 cm³/mol. The fraction of sp³-hybridized carbons (Fsp3) is 0.438. The molecule has 1 aromatic carbocycles. The first-order valence-electron chi connectivity index (χ1n) is 7.54. The molecule has 1 amide bonds. The molecule has 0 spiro atoms. The standard InChI is InChI=1S/C16H21ClN4O/c1-3-12(13-8-6-5-7-9-13)10-18-15(22)11-21-14(4-2)19-16(17)20-21/h5-9,12H,3-4,10-11H2,1-2H3,(H,18,22). The van der Waals surface area contributed by atoms with E-state index in [0.717, 1.165) is 12.2 Å². The molecule has 2 aromatic rings. The van der Waals surface area contributed by atoms with E-state index < -0.39 is 0 Å². The van der Waals surface area contributed by atoms with Crippen LogP contribution in [0, 0.1) is 0 Å². The van der Waals surface area contributed by atoms with Crippen LogP contribution in [0.15, 0.2) is 30.3 Å². The molecule has 1 heterocycles. The van der Waals surface area contributed by atoms with Gasteiger partial charge in [-0.05, 0) is 23.6 Å². The Morgan fingerprint density at radius 3 is 2.68 bits per heavy atom. The summed E-state index contributed by atoms with van der Waals surface area (Å²) in [5.74, 6) is 0.955. The van der Waals surface area contributed by atoms with Crippen molar-refractivity contribution in [1.29, 1.82) is 0 Å². The minimum Gasteiger partial charge on any atom is -0.354 e. The monoisotopic (exact) mass is 320 g/mol. The molecule has 0 aliphatic rings. The lowest BCUT2D eigenvalue weighted by Crippen LogP contribution is -2.32. The molecule has 5 nitrogen and oxygen atoms in total. The Bertz CT molecular complexity index is 612. The second-order valence-electron chi connectivity index (χ2n) is 5.13. The van der Waals surface area contributed by atoms with Gasteiger partial charge in [0.15, 0.2) is 0 Å². The lowest BCUT2D eigenvalue weighted by atomic mass is 9.96. The van der Waals surface area contributed by atoms with Crippen LogP contribution in [0.2, 0.25) is 5.28 Å². The zero-order chi connectivity index (χ0) is 15.9. The molecular formula is C16H21ClN4O. The summed E-state index contributed by atoms with van der Waals surface area (Å²) in [5.41, 5.74) is 1.24. The van der Waals surface area contributed by atoms with Crippen molar-refractivity contribution in [2.75, 3.05) is 6.54 Å². The number of carbonyl (C=O) groups is 1. The Morgan fingerprint density at radius 1 is 1.32 bits per heavy atom. The van der Waals surface area contributed by atoms with Crippen LogP contribution in [0.1, 0.15) is 37.6 Å². The van der Waals surface area contributed by atoms with E-state index >= 15 is 0 Å². The van der Waals surface area contributed by atoms with Crippen LogP contribution in [0.3, 0.4) is 0 Å². The maximum Gasteiger partial charge on any atom is 0.242 e. The predicted octanol–water partition coefficient (Wildman–Crippen LogP) is 2.80. The number of hydrogen-bond donors (Lipinski definition) is 1. The number of amides is 1. The number of rotatable bonds is 7. The summed E-state index contributed by atoms with van der Waals surface area (Å²) in [7, 11) is 0. The molecule has 0 bridgehead atoms. The Balaban J connectivity index is 1.91. The molecule has 0 fully saturated rings. The molecule has 2 rings (SSSR count). The highest BCUT2D eigenvalue weighted by Gasteiger charge is 2.13. The number of nitrogens with zero attached hydrogens (tertiary/aromatic N) is 3. The van der Waals surface area contributed by atoms with Crippen LogP contribution in [-0.4, -0.2) is 27.2 Å². The normalized spacial score (nSPS) is 12.1. The first-order valence-corrected chi connectivity index (χ1v) is 7.92. The summed E-state index contributed by atoms with van der Waals surface area (Å²) in [5, 5.41) is 7.19. The van der Waals surface area contributed by atoms with Gasteiger partial charge in [0.1, 0.15) is 12.4 Å². The van der Waals surface area contributed by atoms with E-state index in [1.807, 2.05) is 25.1 Å². The number of aromatic nitrogens is 3. The largest absolute Gasteiger partial charge is 0.354 e. The van der Waals surface area contributed by atoms with E-state index in [9.17, 15) is 4.79 Å². The molecule has 0 radical (unpaired) electrons. The Hall–Kier alpha value is -1.88. The molecular weight excluding hydrogens is 300 g/mol.